The summed E-state index contributed by atoms with van der Waals surface area (Å²) in [5.74, 6) is 0.712. The summed E-state index contributed by atoms with van der Waals surface area (Å²) in [5.41, 5.74) is 4.18. The quantitative estimate of drug-likeness (QED) is 0.567. The molecule has 3 aromatic heterocycles. The van der Waals surface area contributed by atoms with Gasteiger partial charge in [-0.1, -0.05) is 12.1 Å². The maximum Gasteiger partial charge on any atom is 0.233 e. The number of aromatic amines is 1. The first kappa shape index (κ1) is 16.0. The molecule has 0 radical (unpaired) electrons. The fourth-order valence-corrected chi connectivity index (χ4v) is 3.38. The smallest absolute Gasteiger partial charge is 0.233 e. The number of aromatic hydroxyl groups is 1. The van der Waals surface area contributed by atoms with E-state index in [9.17, 15) is 9.50 Å². The Balaban J connectivity index is 1.50. The molecule has 0 atom stereocenters. The summed E-state index contributed by atoms with van der Waals surface area (Å²) in [6.45, 7) is 0. The molecular formula is C20H18FN5O. The van der Waals surface area contributed by atoms with Crippen LogP contribution in [0.3, 0.4) is 0 Å². The highest BCUT2D eigenvalue weighted by atomic mass is 19.1. The molecule has 0 bridgehead atoms. The number of nitrogens with one attached hydrogen (secondary N) is 1. The number of aromatic nitrogens is 5. The van der Waals surface area contributed by atoms with Crippen molar-refractivity contribution in [2.75, 3.05) is 0 Å². The molecule has 136 valence electrons. The molecule has 4 aromatic rings. The zero-order valence-corrected chi connectivity index (χ0v) is 14.6. The minimum Gasteiger partial charge on any atom is -0.493 e. The number of halogens is 1. The van der Waals surface area contributed by atoms with Crippen LogP contribution in [-0.2, 0) is 12.8 Å². The van der Waals surface area contributed by atoms with Gasteiger partial charge in [-0.05, 0) is 55.5 Å². The van der Waals surface area contributed by atoms with E-state index in [-0.39, 0.29) is 11.7 Å². The third kappa shape index (κ3) is 2.95. The SMILES string of the molecule is Oc1c(CCc2ccc(F)cc2)c(C2CC2)nn1-c1nc2cccnc2[nH]1. The van der Waals surface area contributed by atoms with Crippen LogP contribution in [-0.4, -0.2) is 29.8 Å². The van der Waals surface area contributed by atoms with Gasteiger partial charge in [0.1, 0.15) is 11.3 Å². The number of nitrogens with zero attached hydrogens (tertiary/aromatic N) is 4. The van der Waals surface area contributed by atoms with Crippen LogP contribution in [0.25, 0.3) is 17.1 Å². The number of H-pyrrole nitrogens is 1. The number of hydrogen-bond donors (Lipinski definition) is 2. The van der Waals surface area contributed by atoms with E-state index in [1.807, 2.05) is 12.1 Å². The number of benzene rings is 1. The van der Waals surface area contributed by atoms with Gasteiger partial charge < -0.3 is 10.1 Å². The van der Waals surface area contributed by atoms with Crippen LogP contribution in [0.1, 0.15) is 35.6 Å². The molecule has 0 saturated heterocycles. The van der Waals surface area contributed by atoms with Crippen LogP contribution in [0.4, 0.5) is 4.39 Å². The normalized spacial score (nSPS) is 14.1. The summed E-state index contributed by atoms with van der Waals surface area (Å²) in [6.07, 6.45) is 5.21. The van der Waals surface area contributed by atoms with E-state index in [1.54, 1.807) is 18.3 Å². The van der Waals surface area contributed by atoms with Crippen molar-refractivity contribution in [1.29, 1.82) is 0 Å². The van der Waals surface area contributed by atoms with Gasteiger partial charge in [0.15, 0.2) is 5.65 Å². The minimum atomic E-state index is -0.244. The molecule has 3 heterocycles. The minimum absolute atomic E-state index is 0.109. The molecule has 6 nitrogen and oxygen atoms in total. The van der Waals surface area contributed by atoms with E-state index >= 15 is 0 Å². The van der Waals surface area contributed by atoms with E-state index in [1.165, 1.54) is 16.8 Å². The molecule has 1 aliphatic rings. The summed E-state index contributed by atoms with van der Waals surface area (Å²) in [4.78, 5) is 11.8. The molecule has 1 fully saturated rings. The number of aryl methyl sites for hydroxylation is 1. The van der Waals surface area contributed by atoms with Gasteiger partial charge in [0.05, 0.1) is 5.69 Å². The van der Waals surface area contributed by atoms with Gasteiger partial charge in [-0.15, -0.1) is 0 Å². The van der Waals surface area contributed by atoms with Crippen molar-refractivity contribution < 1.29 is 9.50 Å². The molecule has 0 amide bonds. The van der Waals surface area contributed by atoms with E-state index in [2.05, 4.69) is 20.1 Å². The van der Waals surface area contributed by atoms with E-state index in [4.69, 9.17) is 0 Å². The fourth-order valence-electron chi connectivity index (χ4n) is 3.38. The first-order chi connectivity index (χ1) is 13.2. The Kier molecular flexibility index (Phi) is 3.67. The van der Waals surface area contributed by atoms with E-state index < -0.39 is 0 Å². The summed E-state index contributed by atoms with van der Waals surface area (Å²) >= 11 is 0. The Morgan fingerprint density at radius 1 is 1.15 bits per heavy atom. The zero-order valence-electron chi connectivity index (χ0n) is 14.6. The lowest BCUT2D eigenvalue weighted by atomic mass is 10.0. The fraction of sp³-hybridized carbons (Fsp3) is 0.250. The first-order valence-corrected chi connectivity index (χ1v) is 9.05. The lowest BCUT2D eigenvalue weighted by Crippen LogP contribution is -1.99. The first-order valence-electron chi connectivity index (χ1n) is 9.05. The molecule has 5 rings (SSSR count). The van der Waals surface area contributed by atoms with Crippen molar-refractivity contribution in [3.63, 3.8) is 0 Å². The Morgan fingerprint density at radius 3 is 2.70 bits per heavy atom. The molecule has 7 heteroatoms. The van der Waals surface area contributed by atoms with Crippen LogP contribution in [0.15, 0.2) is 42.6 Å². The predicted octanol–water partition coefficient (Wildman–Crippen LogP) is 3.65. The number of fused-ring (bicyclic) bond motifs is 1. The van der Waals surface area contributed by atoms with Crippen LogP contribution in [0.5, 0.6) is 5.88 Å². The van der Waals surface area contributed by atoms with Crippen molar-refractivity contribution in [3.8, 4) is 11.8 Å². The van der Waals surface area contributed by atoms with Crippen LogP contribution in [0.2, 0.25) is 0 Å². The van der Waals surface area contributed by atoms with Gasteiger partial charge in [0.2, 0.25) is 11.8 Å². The Morgan fingerprint density at radius 2 is 1.96 bits per heavy atom. The van der Waals surface area contributed by atoms with Crippen molar-refractivity contribution in [2.45, 2.75) is 31.6 Å². The highest BCUT2D eigenvalue weighted by Crippen LogP contribution is 2.43. The summed E-state index contributed by atoms with van der Waals surface area (Å²) in [7, 11) is 0. The molecule has 0 aliphatic heterocycles. The number of pyridine rings is 1. The van der Waals surface area contributed by atoms with Gasteiger partial charge >= 0.3 is 0 Å². The van der Waals surface area contributed by atoms with Crippen LogP contribution in [0, 0.1) is 5.82 Å². The lowest BCUT2D eigenvalue weighted by Gasteiger charge is -2.03. The number of rotatable bonds is 5. The zero-order chi connectivity index (χ0) is 18.4. The van der Waals surface area contributed by atoms with Gasteiger partial charge in [0.25, 0.3) is 0 Å². The molecular weight excluding hydrogens is 345 g/mol. The highest BCUT2D eigenvalue weighted by molar-refractivity contribution is 5.71. The van der Waals surface area contributed by atoms with E-state index in [0.29, 0.717) is 30.4 Å². The lowest BCUT2D eigenvalue weighted by molar-refractivity contribution is 0.425. The molecule has 1 aromatic carbocycles. The second kappa shape index (κ2) is 6.19. The van der Waals surface area contributed by atoms with Gasteiger partial charge in [-0.25, -0.2) is 14.4 Å². The second-order valence-electron chi connectivity index (χ2n) is 6.93. The predicted molar refractivity (Wildman–Crippen MR) is 98.5 cm³/mol. The van der Waals surface area contributed by atoms with E-state index in [0.717, 1.165) is 35.2 Å². The summed E-state index contributed by atoms with van der Waals surface area (Å²) in [6, 6.07) is 10.2. The van der Waals surface area contributed by atoms with Crippen LogP contribution >= 0.6 is 0 Å². The Bertz CT molecular complexity index is 1080. The average Bonchev–Trinajstić information content (AvgIpc) is 3.34. The Labute approximate surface area is 154 Å². The average molecular weight is 363 g/mol. The van der Waals surface area contributed by atoms with Gasteiger partial charge in [-0.2, -0.15) is 9.78 Å². The van der Waals surface area contributed by atoms with Gasteiger partial charge in [0, 0.05) is 17.7 Å². The van der Waals surface area contributed by atoms with Gasteiger partial charge in [-0.3, -0.25) is 0 Å². The van der Waals surface area contributed by atoms with Crippen molar-refractivity contribution >= 4 is 11.2 Å². The third-order valence-electron chi connectivity index (χ3n) is 4.97. The molecule has 0 spiro atoms. The van der Waals surface area contributed by atoms with Crippen molar-refractivity contribution in [1.82, 2.24) is 24.7 Å². The summed E-state index contributed by atoms with van der Waals surface area (Å²) < 4.78 is 14.6. The molecule has 2 N–H and O–H groups in total. The third-order valence-corrected chi connectivity index (χ3v) is 4.97. The molecule has 27 heavy (non-hydrogen) atoms. The highest BCUT2D eigenvalue weighted by Gasteiger charge is 2.32. The maximum atomic E-state index is 13.1. The standard InChI is InChI=1S/C20H18FN5O/c21-14-8-3-12(4-9-14)5-10-15-17(13-6-7-13)25-26(19(15)27)20-23-16-2-1-11-22-18(16)24-20/h1-4,8-9,11,13,27H,5-7,10H2,(H,22,23,24). The molecule has 0 unspecified atom stereocenters. The van der Waals surface area contributed by atoms with Crippen LogP contribution < -0.4 is 0 Å². The maximum absolute atomic E-state index is 13.1. The van der Waals surface area contributed by atoms with Crippen molar-refractivity contribution in [3.05, 3.63) is 65.2 Å². The number of imidazole rings is 1. The van der Waals surface area contributed by atoms with Crippen molar-refractivity contribution in [2.24, 2.45) is 0 Å². The molecule has 1 saturated carbocycles. The number of hydrogen-bond acceptors (Lipinski definition) is 4. The topological polar surface area (TPSA) is 79.6 Å². The Hall–Kier alpha value is -3.22. The second-order valence-corrected chi connectivity index (χ2v) is 6.93. The molecule has 1 aliphatic carbocycles. The largest absolute Gasteiger partial charge is 0.493 e. The summed E-state index contributed by atoms with van der Waals surface area (Å²) in [5, 5.41) is 15.5. The monoisotopic (exact) mass is 363 g/mol.